The van der Waals surface area contributed by atoms with Crippen LogP contribution in [-0.2, 0) is 0 Å². The van der Waals surface area contributed by atoms with Crippen molar-refractivity contribution < 1.29 is 9.90 Å². The first-order valence-electron chi connectivity index (χ1n) is 5.98. The molecule has 0 spiro atoms. The molecule has 1 fully saturated rings. The third-order valence-corrected chi connectivity index (χ3v) is 3.44. The molecule has 1 saturated heterocycles. The molecule has 4 nitrogen and oxygen atoms in total. The fourth-order valence-corrected chi connectivity index (χ4v) is 2.11. The van der Waals surface area contributed by atoms with E-state index in [2.05, 4.69) is 4.98 Å². The highest BCUT2D eigenvalue weighted by atomic mass is 16.3. The maximum Gasteiger partial charge on any atom is 0.255 e. The summed E-state index contributed by atoms with van der Waals surface area (Å²) in [6, 6.07) is 3.55. The van der Waals surface area contributed by atoms with Gasteiger partial charge in [0.05, 0.1) is 11.7 Å². The van der Waals surface area contributed by atoms with Crippen molar-refractivity contribution in [2.24, 2.45) is 5.92 Å². The lowest BCUT2D eigenvalue weighted by Gasteiger charge is -2.34. The van der Waals surface area contributed by atoms with E-state index < -0.39 is 6.10 Å². The van der Waals surface area contributed by atoms with Crippen molar-refractivity contribution in [3.63, 3.8) is 0 Å². The van der Waals surface area contributed by atoms with Crippen LogP contribution in [-0.4, -0.2) is 40.1 Å². The van der Waals surface area contributed by atoms with Gasteiger partial charge in [0.15, 0.2) is 0 Å². The minimum atomic E-state index is -0.412. The van der Waals surface area contributed by atoms with Crippen LogP contribution in [0.15, 0.2) is 18.3 Å². The topological polar surface area (TPSA) is 53.4 Å². The minimum absolute atomic E-state index is 0.0263. The van der Waals surface area contributed by atoms with Crippen molar-refractivity contribution in [1.29, 1.82) is 0 Å². The number of amides is 1. The molecule has 1 N–H and O–H groups in total. The SMILES string of the molecule is Cc1ncccc1C(=O)N1CCC(C)C(O)C1. The second kappa shape index (κ2) is 4.84. The van der Waals surface area contributed by atoms with Crippen LogP contribution in [0, 0.1) is 12.8 Å². The maximum absolute atomic E-state index is 12.2. The Bertz CT molecular complexity index is 420. The number of aryl methyl sites for hydroxylation is 1. The number of β-amino-alcohol motifs (C(OH)–C–C–N with tert-alkyl or cyclic N) is 1. The predicted molar refractivity (Wildman–Crippen MR) is 64.7 cm³/mol. The number of aliphatic hydroxyl groups excluding tert-OH is 1. The highest BCUT2D eigenvalue weighted by Crippen LogP contribution is 2.19. The van der Waals surface area contributed by atoms with E-state index in [4.69, 9.17) is 0 Å². The standard InChI is InChI=1S/C13H18N2O2/c1-9-5-7-15(8-12(9)16)13(17)11-4-3-6-14-10(11)2/h3-4,6,9,12,16H,5,7-8H2,1-2H3. The van der Waals surface area contributed by atoms with Gasteiger partial charge in [0, 0.05) is 25.0 Å². The number of nitrogens with zero attached hydrogens (tertiary/aromatic N) is 2. The van der Waals surface area contributed by atoms with Gasteiger partial charge < -0.3 is 10.0 Å². The van der Waals surface area contributed by atoms with Crippen molar-refractivity contribution in [3.8, 4) is 0 Å². The first-order valence-corrected chi connectivity index (χ1v) is 5.98. The smallest absolute Gasteiger partial charge is 0.255 e. The number of carbonyl (C=O) groups excluding carboxylic acids is 1. The number of pyridine rings is 1. The molecule has 2 unspecified atom stereocenters. The van der Waals surface area contributed by atoms with E-state index in [-0.39, 0.29) is 11.8 Å². The summed E-state index contributed by atoms with van der Waals surface area (Å²) in [5, 5.41) is 9.80. The Morgan fingerprint density at radius 2 is 2.35 bits per heavy atom. The molecule has 17 heavy (non-hydrogen) atoms. The predicted octanol–water partition coefficient (Wildman–Crippen LogP) is 1.23. The molecule has 2 rings (SSSR count). The monoisotopic (exact) mass is 234 g/mol. The summed E-state index contributed by atoms with van der Waals surface area (Å²) < 4.78 is 0. The summed E-state index contributed by atoms with van der Waals surface area (Å²) in [5.41, 5.74) is 1.37. The van der Waals surface area contributed by atoms with E-state index in [1.54, 1.807) is 23.2 Å². The van der Waals surface area contributed by atoms with Crippen LogP contribution in [0.1, 0.15) is 29.4 Å². The molecule has 2 heterocycles. The number of hydrogen-bond acceptors (Lipinski definition) is 3. The molecule has 0 aromatic carbocycles. The summed E-state index contributed by atoms with van der Waals surface area (Å²) in [7, 11) is 0. The van der Waals surface area contributed by atoms with Crippen molar-refractivity contribution in [1.82, 2.24) is 9.88 Å². The van der Waals surface area contributed by atoms with E-state index in [0.29, 0.717) is 18.7 Å². The molecule has 1 aliphatic rings. The summed E-state index contributed by atoms with van der Waals surface area (Å²) in [5.74, 6) is 0.246. The lowest BCUT2D eigenvalue weighted by atomic mass is 9.95. The molecule has 1 aromatic rings. The van der Waals surface area contributed by atoms with Crippen LogP contribution in [0.2, 0.25) is 0 Å². The molecule has 0 aliphatic carbocycles. The molecule has 1 amide bonds. The summed E-state index contributed by atoms with van der Waals surface area (Å²) in [6.07, 6.45) is 2.12. The number of piperidine rings is 1. The van der Waals surface area contributed by atoms with Gasteiger partial charge in [-0.15, -0.1) is 0 Å². The van der Waals surface area contributed by atoms with Gasteiger partial charge in [-0.2, -0.15) is 0 Å². The van der Waals surface area contributed by atoms with Crippen LogP contribution in [0.4, 0.5) is 0 Å². The van der Waals surface area contributed by atoms with Crippen molar-refractivity contribution in [2.45, 2.75) is 26.4 Å². The minimum Gasteiger partial charge on any atom is -0.391 e. The first-order chi connectivity index (χ1) is 8.09. The Balaban J connectivity index is 2.14. The highest BCUT2D eigenvalue weighted by Gasteiger charge is 2.28. The highest BCUT2D eigenvalue weighted by molar-refractivity contribution is 5.95. The van der Waals surface area contributed by atoms with Gasteiger partial charge in [-0.1, -0.05) is 6.92 Å². The number of aromatic nitrogens is 1. The summed E-state index contributed by atoms with van der Waals surface area (Å²) >= 11 is 0. The second-order valence-electron chi connectivity index (χ2n) is 4.72. The van der Waals surface area contributed by atoms with Crippen molar-refractivity contribution in [2.75, 3.05) is 13.1 Å². The average Bonchev–Trinajstić information content (AvgIpc) is 2.32. The van der Waals surface area contributed by atoms with E-state index in [1.807, 2.05) is 13.8 Å². The third-order valence-electron chi connectivity index (χ3n) is 3.44. The van der Waals surface area contributed by atoms with Crippen LogP contribution in [0.25, 0.3) is 0 Å². The fraction of sp³-hybridized carbons (Fsp3) is 0.538. The molecular weight excluding hydrogens is 216 g/mol. The second-order valence-corrected chi connectivity index (χ2v) is 4.72. The Kier molecular flexibility index (Phi) is 3.43. The fourth-order valence-electron chi connectivity index (χ4n) is 2.11. The lowest BCUT2D eigenvalue weighted by molar-refractivity contribution is 0.0248. The Hall–Kier alpha value is -1.42. The van der Waals surface area contributed by atoms with Gasteiger partial charge >= 0.3 is 0 Å². The lowest BCUT2D eigenvalue weighted by Crippen LogP contribution is -2.46. The molecule has 0 radical (unpaired) electrons. The molecule has 1 aliphatic heterocycles. The van der Waals surface area contributed by atoms with Gasteiger partial charge in [-0.25, -0.2) is 0 Å². The molecule has 2 atom stereocenters. The summed E-state index contributed by atoms with van der Waals surface area (Å²) in [4.78, 5) is 18.1. The van der Waals surface area contributed by atoms with E-state index >= 15 is 0 Å². The number of likely N-dealkylation sites (tertiary alicyclic amines) is 1. The van der Waals surface area contributed by atoms with Crippen LogP contribution in [0.3, 0.4) is 0 Å². The molecular formula is C13H18N2O2. The van der Waals surface area contributed by atoms with Crippen molar-refractivity contribution >= 4 is 5.91 Å². The summed E-state index contributed by atoms with van der Waals surface area (Å²) in [6.45, 7) is 4.98. The maximum atomic E-state index is 12.2. The van der Waals surface area contributed by atoms with Gasteiger partial charge in [0.25, 0.3) is 5.91 Å². The molecule has 0 saturated carbocycles. The normalized spacial score (nSPS) is 24.8. The Morgan fingerprint density at radius 1 is 1.59 bits per heavy atom. The number of rotatable bonds is 1. The largest absolute Gasteiger partial charge is 0.391 e. The van der Waals surface area contributed by atoms with Gasteiger partial charge in [0.2, 0.25) is 0 Å². The van der Waals surface area contributed by atoms with Gasteiger partial charge in [-0.3, -0.25) is 9.78 Å². The number of carbonyl (C=O) groups is 1. The zero-order valence-corrected chi connectivity index (χ0v) is 10.3. The zero-order chi connectivity index (χ0) is 12.4. The molecule has 0 bridgehead atoms. The van der Waals surface area contributed by atoms with Crippen molar-refractivity contribution in [3.05, 3.63) is 29.6 Å². The average molecular weight is 234 g/mol. The third kappa shape index (κ3) is 2.47. The molecule has 92 valence electrons. The number of hydrogen-bond donors (Lipinski definition) is 1. The van der Waals surface area contributed by atoms with E-state index in [1.165, 1.54) is 0 Å². The first kappa shape index (κ1) is 12.0. The molecule has 4 heteroatoms. The van der Waals surface area contributed by atoms with E-state index in [0.717, 1.165) is 12.1 Å². The number of aliphatic hydroxyl groups is 1. The van der Waals surface area contributed by atoms with Crippen LogP contribution in [0.5, 0.6) is 0 Å². The Labute approximate surface area is 101 Å². The van der Waals surface area contributed by atoms with Gasteiger partial charge in [-0.05, 0) is 31.4 Å². The Morgan fingerprint density at radius 3 is 3.00 bits per heavy atom. The van der Waals surface area contributed by atoms with Crippen LogP contribution < -0.4 is 0 Å². The zero-order valence-electron chi connectivity index (χ0n) is 10.3. The quantitative estimate of drug-likeness (QED) is 0.795. The van der Waals surface area contributed by atoms with Crippen LogP contribution >= 0.6 is 0 Å². The van der Waals surface area contributed by atoms with E-state index in [9.17, 15) is 9.90 Å². The molecule has 1 aromatic heterocycles. The van der Waals surface area contributed by atoms with Gasteiger partial charge in [0.1, 0.15) is 0 Å².